The predicted molar refractivity (Wildman–Crippen MR) is 89.2 cm³/mol. The van der Waals surface area contributed by atoms with Gasteiger partial charge in [-0.1, -0.05) is 6.08 Å². The first-order valence-corrected chi connectivity index (χ1v) is 7.94. The number of oxazole rings is 1. The molecule has 1 amide bonds. The summed E-state index contributed by atoms with van der Waals surface area (Å²) in [6.45, 7) is 3.51. The van der Waals surface area contributed by atoms with E-state index in [0.717, 1.165) is 12.1 Å². The molecule has 8 heteroatoms. The number of nitrogens with one attached hydrogen (secondary N) is 1. The molecule has 6 nitrogen and oxygen atoms in total. The largest absolute Gasteiger partial charge is 0.480 e. The lowest BCUT2D eigenvalue weighted by Crippen LogP contribution is -2.40. The minimum Gasteiger partial charge on any atom is -0.480 e. The van der Waals surface area contributed by atoms with E-state index < -0.39 is 29.6 Å². The van der Waals surface area contributed by atoms with Crippen molar-refractivity contribution in [2.24, 2.45) is 0 Å². The molecule has 26 heavy (non-hydrogen) atoms. The zero-order valence-corrected chi connectivity index (χ0v) is 13.9. The number of hydrogen-bond donors (Lipinski definition) is 2. The standard InChI is InChI=1S/C18H18F2N2O4/c1-2-3-4-14(18(24)25)22-16(23)7-8-17-21-10-15(26-17)12-6-5-11(19)9-13(12)20/h2,5-6,9-10,14H,1,3-4,7-8H2,(H,22,23)(H,24,25). The molecule has 0 saturated heterocycles. The van der Waals surface area contributed by atoms with Crippen LogP contribution >= 0.6 is 0 Å². The molecule has 138 valence electrons. The summed E-state index contributed by atoms with van der Waals surface area (Å²) in [4.78, 5) is 26.9. The number of aryl methyl sites for hydroxylation is 1. The third-order valence-electron chi connectivity index (χ3n) is 3.61. The Morgan fingerprint density at radius 2 is 2.15 bits per heavy atom. The molecule has 1 heterocycles. The van der Waals surface area contributed by atoms with E-state index in [1.807, 2.05) is 0 Å². The van der Waals surface area contributed by atoms with Crippen molar-refractivity contribution in [2.75, 3.05) is 0 Å². The van der Waals surface area contributed by atoms with E-state index in [0.29, 0.717) is 6.42 Å². The average Bonchev–Trinajstić information content (AvgIpc) is 3.05. The smallest absolute Gasteiger partial charge is 0.326 e. The van der Waals surface area contributed by atoms with E-state index in [4.69, 9.17) is 9.52 Å². The van der Waals surface area contributed by atoms with Crippen molar-refractivity contribution in [3.8, 4) is 11.3 Å². The zero-order valence-electron chi connectivity index (χ0n) is 13.9. The van der Waals surface area contributed by atoms with Crippen LogP contribution in [-0.2, 0) is 16.0 Å². The molecular formula is C18H18F2N2O4. The van der Waals surface area contributed by atoms with Crippen LogP contribution in [0.3, 0.4) is 0 Å². The fourth-order valence-corrected chi connectivity index (χ4v) is 2.27. The highest BCUT2D eigenvalue weighted by molar-refractivity contribution is 5.83. The lowest BCUT2D eigenvalue weighted by atomic mass is 10.1. The maximum atomic E-state index is 13.7. The van der Waals surface area contributed by atoms with Crippen molar-refractivity contribution in [2.45, 2.75) is 31.7 Å². The van der Waals surface area contributed by atoms with Gasteiger partial charge in [0.1, 0.15) is 17.7 Å². The van der Waals surface area contributed by atoms with E-state index in [1.165, 1.54) is 12.3 Å². The Balaban J connectivity index is 1.93. The third-order valence-corrected chi connectivity index (χ3v) is 3.61. The van der Waals surface area contributed by atoms with Crippen molar-refractivity contribution in [1.82, 2.24) is 10.3 Å². The van der Waals surface area contributed by atoms with Crippen molar-refractivity contribution in [3.63, 3.8) is 0 Å². The fourth-order valence-electron chi connectivity index (χ4n) is 2.27. The van der Waals surface area contributed by atoms with Gasteiger partial charge in [-0.05, 0) is 25.0 Å². The number of allylic oxidation sites excluding steroid dienone is 1. The number of amides is 1. The van der Waals surface area contributed by atoms with Gasteiger partial charge in [-0.2, -0.15) is 0 Å². The normalized spacial score (nSPS) is 11.8. The average molecular weight is 364 g/mol. The number of carbonyl (C=O) groups excluding carboxylic acids is 1. The van der Waals surface area contributed by atoms with Crippen molar-refractivity contribution >= 4 is 11.9 Å². The van der Waals surface area contributed by atoms with Gasteiger partial charge >= 0.3 is 5.97 Å². The summed E-state index contributed by atoms with van der Waals surface area (Å²) in [5.41, 5.74) is 0.0602. The Morgan fingerprint density at radius 3 is 2.81 bits per heavy atom. The molecule has 2 rings (SSSR count). The van der Waals surface area contributed by atoms with Crippen LogP contribution in [0.1, 0.15) is 25.2 Å². The molecule has 1 atom stereocenters. The second-order valence-electron chi connectivity index (χ2n) is 5.57. The quantitative estimate of drug-likeness (QED) is 0.667. The summed E-state index contributed by atoms with van der Waals surface area (Å²) in [6.07, 6.45) is 3.64. The Hall–Kier alpha value is -3.03. The van der Waals surface area contributed by atoms with Crippen molar-refractivity contribution in [3.05, 3.63) is 54.6 Å². The van der Waals surface area contributed by atoms with Crippen LogP contribution in [0, 0.1) is 11.6 Å². The second-order valence-corrected chi connectivity index (χ2v) is 5.57. The number of hydrogen-bond acceptors (Lipinski definition) is 4. The third kappa shape index (κ3) is 5.23. The lowest BCUT2D eigenvalue weighted by molar-refractivity contribution is -0.142. The molecule has 0 radical (unpaired) electrons. The van der Waals surface area contributed by atoms with Gasteiger partial charge < -0.3 is 14.8 Å². The van der Waals surface area contributed by atoms with Crippen LogP contribution < -0.4 is 5.32 Å². The first-order chi connectivity index (χ1) is 12.4. The molecule has 0 spiro atoms. The highest BCUT2D eigenvalue weighted by Gasteiger charge is 2.19. The van der Waals surface area contributed by atoms with Gasteiger partial charge in [0.05, 0.1) is 11.8 Å². The van der Waals surface area contributed by atoms with E-state index in [9.17, 15) is 18.4 Å². The van der Waals surface area contributed by atoms with E-state index in [-0.39, 0.29) is 36.5 Å². The molecule has 2 N–H and O–H groups in total. The molecule has 0 aliphatic heterocycles. The highest BCUT2D eigenvalue weighted by atomic mass is 19.1. The molecule has 2 aromatic rings. The minimum atomic E-state index is -1.12. The Bertz CT molecular complexity index is 804. The Morgan fingerprint density at radius 1 is 1.38 bits per heavy atom. The van der Waals surface area contributed by atoms with Crippen molar-refractivity contribution in [1.29, 1.82) is 0 Å². The molecule has 0 bridgehead atoms. The van der Waals surface area contributed by atoms with Crippen molar-refractivity contribution < 1.29 is 27.9 Å². The van der Waals surface area contributed by atoms with Crippen LogP contribution in [0.5, 0.6) is 0 Å². The SMILES string of the molecule is C=CCCC(NC(=O)CCc1ncc(-c2ccc(F)cc2F)o1)C(=O)O. The molecule has 0 aliphatic rings. The van der Waals surface area contributed by atoms with Gasteiger partial charge in [-0.25, -0.2) is 18.6 Å². The number of aliphatic carboxylic acids is 1. The summed E-state index contributed by atoms with van der Waals surface area (Å²) in [5.74, 6) is -2.76. The van der Waals surface area contributed by atoms with E-state index >= 15 is 0 Å². The van der Waals surface area contributed by atoms with Gasteiger partial charge in [0, 0.05) is 18.9 Å². The summed E-state index contributed by atoms with van der Waals surface area (Å²) in [6, 6.07) is 2.08. The summed E-state index contributed by atoms with van der Waals surface area (Å²) in [5, 5.41) is 11.5. The van der Waals surface area contributed by atoms with E-state index in [2.05, 4.69) is 16.9 Å². The first-order valence-electron chi connectivity index (χ1n) is 7.94. The molecule has 0 aliphatic carbocycles. The summed E-state index contributed by atoms with van der Waals surface area (Å²) < 4.78 is 32.0. The number of carbonyl (C=O) groups is 2. The molecule has 0 saturated carbocycles. The van der Waals surface area contributed by atoms with Crippen LogP contribution in [0.15, 0.2) is 41.5 Å². The van der Waals surface area contributed by atoms with Gasteiger partial charge in [0.2, 0.25) is 5.91 Å². The highest BCUT2D eigenvalue weighted by Crippen LogP contribution is 2.24. The number of aromatic nitrogens is 1. The number of carboxylic acid groups (broad SMARTS) is 1. The molecule has 0 fully saturated rings. The summed E-state index contributed by atoms with van der Waals surface area (Å²) in [7, 11) is 0. The van der Waals surface area contributed by atoms with Gasteiger partial charge in [-0.3, -0.25) is 4.79 Å². The maximum absolute atomic E-state index is 13.7. The Labute approximate surface area is 148 Å². The number of benzene rings is 1. The number of carboxylic acids is 1. The number of halogens is 2. The maximum Gasteiger partial charge on any atom is 0.326 e. The van der Waals surface area contributed by atoms with E-state index in [1.54, 1.807) is 6.08 Å². The topological polar surface area (TPSA) is 92.4 Å². The minimum absolute atomic E-state index is 0.0380. The fraction of sp³-hybridized carbons (Fsp3) is 0.278. The lowest BCUT2D eigenvalue weighted by Gasteiger charge is -2.13. The number of nitrogens with zero attached hydrogens (tertiary/aromatic N) is 1. The van der Waals surface area contributed by atoms with Crippen LogP contribution in [-0.4, -0.2) is 28.0 Å². The van der Waals surface area contributed by atoms with Crippen LogP contribution in [0.25, 0.3) is 11.3 Å². The van der Waals surface area contributed by atoms with Gasteiger partial charge in [-0.15, -0.1) is 6.58 Å². The molecule has 1 aromatic heterocycles. The van der Waals surface area contributed by atoms with Gasteiger partial charge in [0.15, 0.2) is 11.7 Å². The number of rotatable bonds is 9. The molecular weight excluding hydrogens is 346 g/mol. The molecule has 1 aromatic carbocycles. The monoisotopic (exact) mass is 364 g/mol. The first kappa shape index (κ1) is 19.3. The Kier molecular flexibility index (Phi) is 6.60. The predicted octanol–water partition coefficient (Wildman–Crippen LogP) is 3.09. The van der Waals surface area contributed by atoms with Crippen LogP contribution in [0.2, 0.25) is 0 Å². The molecule has 1 unspecified atom stereocenters. The zero-order chi connectivity index (χ0) is 19.1. The van der Waals surface area contributed by atoms with Gasteiger partial charge in [0.25, 0.3) is 0 Å². The summed E-state index contributed by atoms with van der Waals surface area (Å²) >= 11 is 0. The second kappa shape index (κ2) is 8.89. The van der Waals surface area contributed by atoms with Crippen LogP contribution in [0.4, 0.5) is 8.78 Å².